The number of hydrazine groups is 1. The van der Waals surface area contributed by atoms with Crippen molar-refractivity contribution in [3.63, 3.8) is 0 Å². The third-order valence-corrected chi connectivity index (χ3v) is 7.32. The molecule has 1 heterocycles. The highest BCUT2D eigenvalue weighted by Gasteiger charge is 2.48. The maximum Gasteiger partial charge on any atom is 0.432 e. The molecule has 4 aromatic carbocycles. The van der Waals surface area contributed by atoms with Crippen LogP contribution in [0.4, 0.5) is 4.79 Å². The van der Waals surface area contributed by atoms with E-state index >= 15 is 0 Å². The number of fused-ring (bicyclic) bond motifs is 1. The van der Waals surface area contributed by atoms with Crippen LogP contribution in [0.15, 0.2) is 97.1 Å². The maximum atomic E-state index is 14.3. The molecule has 0 radical (unpaired) electrons. The van der Waals surface area contributed by atoms with Crippen LogP contribution in [0.25, 0.3) is 10.8 Å². The Morgan fingerprint density at radius 3 is 2.17 bits per heavy atom. The zero-order chi connectivity index (χ0) is 29.1. The topological polar surface area (TPSA) is 88.5 Å². The van der Waals surface area contributed by atoms with Crippen LogP contribution in [0.5, 0.6) is 11.5 Å². The quantitative estimate of drug-likeness (QED) is 0.283. The first kappa shape index (κ1) is 28.1. The molecular weight excluding hydrogens is 520 g/mol. The molecule has 8 nitrogen and oxygen atoms in total. The Labute approximate surface area is 239 Å². The van der Waals surface area contributed by atoms with E-state index in [1.807, 2.05) is 87.5 Å². The lowest BCUT2D eigenvalue weighted by atomic mass is 9.99. The maximum absolute atomic E-state index is 14.3. The summed E-state index contributed by atoms with van der Waals surface area (Å²) >= 11 is 0. The van der Waals surface area contributed by atoms with Gasteiger partial charge < -0.3 is 19.3 Å². The second-order valence-electron chi connectivity index (χ2n) is 10.3. The van der Waals surface area contributed by atoms with Crippen molar-refractivity contribution in [3.8, 4) is 11.5 Å². The number of ether oxygens (including phenoxy) is 3. The van der Waals surface area contributed by atoms with Gasteiger partial charge in [-0.05, 0) is 73.0 Å². The molecule has 5 rings (SSSR count). The zero-order valence-electron chi connectivity index (χ0n) is 23.5. The Bertz CT molecular complexity index is 1510. The van der Waals surface area contributed by atoms with Crippen molar-refractivity contribution >= 4 is 22.8 Å². The Morgan fingerprint density at radius 1 is 0.878 bits per heavy atom. The van der Waals surface area contributed by atoms with Crippen molar-refractivity contribution < 1.29 is 28.9 Å². The molecule has 1 N–H and O–H groups in total. The van der Waals surface area contributed by atoms with E-state index in [9.17, 15) is 14.7 Å². The minimum absolute atomic E-state index is 0.243. The molecule has 1 saturated heterocycles. The molecule has 41 heavy (non-hydrogen) atoms. The van der Waals surface area contributed by atoms with Crippen LogP contribution >= 0.6 is 0 Å². The number of benzene rings is 4. The summed E-state index contributed by atoms with van der Waals surface area (Å²) in [7, 11) is 1.55. The highest BCUT2D eigenvalue weighted by atomic mass is 16.6. The van der Waals surface area contributed by atoms with Gasteiger partial charge in [-0.25, -0.2) is 4.79 Å². The van der Waals surface area contributed by atoms with Crippen LogP contribution in [-0.4, -0.2) is 52.4 Å². The zero-order valence-corrected chi connectivity index (χ0v) is 23.5. The molecule has 212 valence electrons. The number of aliphatic hydroxyl groups is 1. The van der Waals surface area contributed by atoms with Crippen molar-refractivity contribution in [2.45, 2.75) is 51.2 Å². The smallest absolute Gasteiger partial charge is 0.432 e. The number of aliphatic hydroxyl groups excluding tert-OH is 1. The number of carbonyl (C=O) groups is 2. The highest BCUT2D eigenvalue weighted by Crippen LogP contribution is 2.35. The number of hydrogen-bond acceptors (Lipinski definition) is 7. The molecule has 1 aliphatic rings. The van der Waals surface area contributed by atoms with Crippen LogP contribution in [0.2, 0.25) is 0 Å². The van der Waals surface area contributed by atoms with Gasteiger partial charge in [0.2, 0.25) is 6.10 Å². The van der Waals surface area contributed by atoms with Crippen LogP contribution in [0.1, 0.15) is 44.1 Å². The van der Waals surface area contributed by atoms with Gasteiger partial charge in [0.1, 0.15) is 23.7 Å². The summed E-state index contributed by atoms with van der Waals surface area (Å²) < 4.78 is 17.2. The highest BCUT2D eigenvalue weighted by molar-refractivity contribution is 5.95. The molecule has 0 unspecified atom stereocenters. The van der Waals surface area contributed by atoms with Gasteiger partial charge in [-0.1, -0.05) is 66.7 Å². The fraction of sp³-hybridized carbons (Fsp3) is 0.273. The van der Waals surface area contributed by atoms with Crippen molar-refractivity contribution in [3.05, 3.63) is 108 Å². The third kappa shape index (κ3) is 5.75. The largest absolute Gasteiger partial charge is 0.497 e. The fourth-order valence-electron chi connectivity index (χ4n) is 5.30. The van der Waals surface area contributed by atoms with Gasteiger partial charge in [0.25, 0.3) is 5.91 Å². The summed E-state index contributed by atoms with van der Waals surface area (Å²) in [5.41, 5.74) is 1.31. The van der Waals surface area contributed by atoms with E-state index in [-0.39, 0.29) is 12.1 Å². The predicted molar refractivity (Wildman–Crippen MR) is 155 cm³/mol. The van der Waals surface area contributed by atoms with Crippen molar-refractivity contribution in [2.24, 2.45) is 0 Å². The number of amides is 2. The summed E-state index contributed by atoms with van der Waals surface area (Å²) in [5.74, 6) is 0.209. The van der Waals surface area contributed by atoms with E-state index < -0.39 is 30.3 Å². The van der Waals surface area contributed by atoms with Crippen LogP contribution in [-0.2, 0) is 9.53 Å². The Hall–Kier alpha value is -4.40. The Kier molecular flexibility index (Phi) is 8.23. The first-order valence-electron chi connectivity index (χ1n) is 13.6. The molecule has 4 atom stereocenters. The van der Waals surface area contributed by atoms with E-state index in [2.05, 4.69) is 0 Å². The van der Waals surface area contributed by atoms with Gasteiger partial charge >= 0.3 is 6.09 Å². The minimum atomic E-state index is -1.46. The average molecular weight is 555 g/mol. The van der Waals surface area contributed by atoms with Gasteiger partial charge in [0, 0.05) is 6.04 Å². The average Bonchev–Trinajstić information content (AvgIpc) is 3.00. The summed E-state index contributed by atoms with van der Waals surface area (Å²) in [6.45, 7) is 5.70. The van der Waals surface area contributed by atoms with Crippen molar-refractivity contribution in [2.75, 3.05) is 7.11 Å². The molecule has 0 saturated carbocycles. The molecule has 1 aliphatic heterocycles. The summed E-state index contributed by atoms with van der Waals surface area (Å²) in [4.78, 5) is 27.8. The number of hydrogen-bond donors (Lipinski definition) is 1. The van der Waals surface area contributed by atoms with E-state index in [4.69, 9.17) is 14.2 Å². The molecule has 8 heteroatoms. The molecule has 1 fully saturated rings. The van der Waals surface area contributed by atoms with Crippen molar-refractivity contribution in [1.82, 2.24) is 10.0 Å². The second kappa shape index (κ2) is 12.0. The van der Waals surface area contributed by atoms with E-state index in [1.54, 1.807) is 42.5 Å². The Morgan fingerprint density at radius 2 is 1.51 bits per heavy atom. The summed E-state index contributed by atoms with van der Waals surface area (Å²) in [6, 6.07) is 28.7. The Balaban J connectivity index is 1.52. The first-order valence-corrected chi connectivity index (χ1v) is 13.6. The molecule has 4 aromatic rings. The van der Waals surface area contributed by atoms with Gasteiger partial charge in [-0.3, -0.25) is 4.79 Å². The molecular formula is C33H34N2O6. The first-order chi connectivity index (χ1) is 19.8. The van der Waals surface area contributed by atoms with Gasteiger partial charge in [0.15, 0.2) is 0 Å². The minimum Gasteiger partial charge on any atom is -0.497 e. The molecule has 0 aromatic heterocycles. The van der Waals surface area contributed by atoms with Crippen molar-refractivity contribution in [1.29, 1.82) is 0 Å². The lowest BCUT2D eigenvalue weighted by Crippen LogP contribution is -2.64. The van der Waals surface area contributed by atoms with E-state index in [0.717, 1.165) is 21.3 Å². The van der Waals surface area contributed by atoms with Gasteiger partial charge in [-0.15, -0.1) is 0 Å². The summed E-state index contributed by atoms with van der Waals surface area (Å²) in [5, 5.41) is 16.2. The van der Waals surface area contributed by atoms with Crippen LogP contribution in [0, 0.1) is 0 Å². The lowest BCUT2D eigenvalue weighted by Gasteiger charge is -2.47. The number of nitrogens with zero attached hydrogens (tertiary/aromatic N) is 2. The fourth-order valence-corrected chi connectivity index (χ4v) is 5.30. The van der Waals surface area contributed by atoms with Crippen LogP contribution in [0.3, 0.4) is 0 Å². The van der Waals surface area contributed by atoms with E-state index in [0.29, 0.717) is 17.1 Å². The second-order valence-corrected chi connectivity index (χ2v) is 10.3. The number of imide groups is 1. The van der Waals surface area contributed by atoms with Gasteiger partial charge in [0.05, 0.1) is 13.2 Å². The molecule has 0 spiro atoms. The van der Waals surface area contributed by atoms with Gasteiger partial charge in [-0.2, -0.15) is 10.0 Å². The molecule has 0 bridgehead atoms. The van der Waals surface area contributed by atoms with E-state index in [1.165, 1.54) is 0 Å². The predicted octanol–water partition coefficient (Wildman–Crippen LogP) is 6.06. The number of cyclic esters (lactones) is 1. The molecule has 2 amide bonds. The lowest BCUT2D eigenvalue weighted by molar-refractivity contribution is -0.185. The number of carbonyl (C=O) groups excluding carboxylic acids is 2. The number of methoxy groups -OCH3 is 1. The van der Waals surface area contributed by atoms with Crippen LogP contribution < -0.4 is 9.47 Å². The third-order valence-electron chi connectivity index (χ3n) is 7.32. The molecule has 0 aliphatic carbocycles. The SMILES string of the molecule is COc1ccc(O[C@H](C(=O)N2C(=O)O[C@H](c3ccccc3)[C@H](C)N2C(C)C)[C@H](O)c2ccc3ccccc3c2)cc1. The normalized spacial score (nSPS) is 19.1. The summed E-state index contributed by atoms with van der Waals surface area (Å²) in [6.07, 6.45) is -4.26. The number of rotatable bonds is 8. The monoisotopic (exact) mass is 554 g/mol. The standard InChI is InChI=1S/C33H34N2O6/c1-21(2)34-22(3)30(24-11-6-5-7-12-24)41-33(38)35(34)32(37)31(40-28-18-16-27(39-4)17-19-28)29(36)26-15-14-23-10-8-9-13-25(23)20-26/h5-22,29-31,36H,1-4H3/t22-,29+,30-,31-/m0/s1.